The van der Waals surface area contributed by atoms with E-state index in [0.29, 0.717) is 48.6 Å². The largest absolute Gasteiger partial charge is 0.337 e. The van der Waals surface area contributed by atoms with Crippen LogP contribution >= 0.6 is 15.9 Å². The van der Waals surface area contributed by atoms with E-state index in [2.05, 4.69) is 21.2 Å². The van der Waals surface area contributed by atoms with Crippen molar-refractivity contribution in [1.82, 2.24) is 15.1 Å². The first-order chi connectivity index (χ1) is 14.9. The predicted octanol–water partition coefficient (Wildman–Crippen LogP) is 4.74. The minimum Gasteiger partial charge on any atom is -0.337 e. The number of carbonyl (C=O) groups excluding carboxylic acids is 2. The first-order valence-electron chi connectivity index (χ1n) is 10.5. The number of urea groups is 1. The van der Waals surface area contributed by atoms with Crippen molar-refractivity contribution in [2.45, 2.75) is 25.3 Å². The fourth-order valence-electron chi connectivity index (χ4n) is 3.98. The molecule has 8 heteroatoms. The Morgan fingerprint density at radius 3 is 2.29 bits per heavy atom. The minimum absolute atomic E-state index is 0.164. The normalized spacial score (nSPS) is 17.8. The fourth-order valence-corrected chi connectivity index (χ4v) is 4.46. The molecule has 2 fully saturated rings. The monoisotopic (exact) mass is 491 g/mol. The van der Waals surface area contributed by atoms with Crippen LogP contribution in [0.4, 0.5) is 13.6 Å². The van der Waals surface area contributed by atoms with Gasteiger partial charge in [0, 0.05) is 36.2 Å². The zero-order valence-electron chi connectivity index (χ0n) is 17.0. The molecule has 5 nitrogen and oxygen atoms in total. The number of halogens is 3. The molecule has 0 aromatic heterocycles. The maximum Gasteiger partial charge on any atom is 0.317 e. The Morgan fingerprint density at radius 1 is 0.935 bits per heavy atom. The molecule has 1 saturated carbocycles. The lowest BCUT2D eigenvalue weighted by molar-refractivity contribution is 0.0762. The van der Waals surface area contributed by atoms with Crippen LogP contribution in [-0.4, -0.2) is 47.9 Å². The number of amides is 3. The molecule has 164 valence electrons. The Labute approximate surface area is 188 Å². The summed E-state index contributed by atoms with van der Waals surface area (Å²) in [5.74, 6) is -0.580. The van der Waals surface area contributed by atoms with Gasteiger partial charge in [0.15, 0.2) is 0 Å². The van der Waals surface area contributed by atoms with Gasteiger partial charge in [-0.25, -0.2) is 13.6 Å². The fraction of sp³-hybridized carbons (Fsp3) is 0.391. The Bertz CT molecular complexity index is 946. The molecule has 0 spiro atoms. The van der Waals surface area contributed by atoms with E-state index in [0.717, 1.165) is 18.4 Å². The van der Waals surface area contributed by atoms with Gasteiger partial charge in [-0.15, -0.1) is 0 Å². The van der Waals surface area contributed by atoms with Gasteiger partial charge in [0.25, 0.3) is 5.91 Å². The van der Waals surface area contributed by atoms with E-state index in [1.807, 2.05) is 6.07 Å². The number of nitrogens with one attached hydrogen (secondary N) is 1. The molecule has 1 atom stereocenters. The molecule has 1 aliphatic carbocycles. The molecule has 1 aliphatic heterocycles. The quantitative estimate of drug-likeness (QED) is 0.671. The Hall–Kier alpha value is -2.48. The Balaban J connectivity index is 1.39. The van der Waals surface area contributed by atoms with Gasteiger partial charge in [-0.1, -0.05) is 15.9 Å². The van der Waals surface area contributed by atoms with Crippen molar-refractivity contribution >= 4 is 27.9 Å². The van der Waals surface area contributed by atoms with E-state index >= 15 is 0 Å². The molecular weight excluding hydrogens is 468 g/mol. The van der Waals surface area contributed by atoms with Crippen LogP contribution in [0.25, 0.3) is 0 Å². The van der Waals surface area contributed by atoms with Gasteiger partial charge >= 0.3 is 6.03 Å². The summed E-state index contributed by atoms with van der Waals surface area (Å²) < 4.78 is 27.7. The third-order valence-corrected chi connectivity index (χ3v) is 6.24. The molecule has 2 aliphatic rings. The lowest BCUT2D eigenvalue weighted by Crippen LogP contribution is -2.44. The van der Waals surface area contributed by atoms with E-state index < -0.39 is 0 Å². The Morgan fingerprint density at radius 2 is 1.61 bits per heavy atom. The van der Waals surface area contributed by atoms with Crippen molar-refractivity contribution in [3.63, 3.8) is 0 Å². The number of benzene rings is 2. The molecule has 3 amide bonds. The number of carbonyl (C=O) groups is 2. The molecule has 2 aromatic rings. The number of rotatable bonds is 4. The second kappa shape index (κ2) is 9.34. The molecule has 2 aromatic carbocycles. The van der Waals surface area contributed by atoms with Crippen molar-refractivity contribution in [2.24, 2.45) is 5.92 Å². The van der Waals surface area contributed by atoms with E-state index in [4.69, 9.17) is 0 Å². The van der Waals surface area contributed by atoms with Crippen molar-refractivity contribution in [3.05, 3.63) is 69.7 Å². The highest BCUT2D eigenvalue weighted by atomic mass is 79.9. The summed E-state index contributed by atoms with van der Waals surface area (Å²) in [6.45, 7) is 1.87. The van der Waals surface area contributed by atoms with Gasteiger partial charge in [-0.05, 0) is 73.2 Å². The van der Waals surface area contributed by atoms with Gasteiger partial charge in [-0.3, -0.25) is 4.79 Å². The molecule has 1 saturated heterocycles. The van der Waals surface area contributed by atoms with Crippen LogP contribution in [0.3, 0.4) is 0 Å². The van der Waals surface area contributed by atoms with Crippen molar-refractivity contribution in [2.75, 3.05) is 26.2 Å². The molecule has 1 heterocycles. The molecule has 4 rings (SSSR count). The van der Waals surface area contributed by atoms with Gasteiger partial charge in [-0.2, -0.15) is 0 Å². The lowest BCUT2D eigenvalue weighted by Gasteiger charge is -2.26. The highest BCUT2D eigenvalue weighted by Gasteiger charge is 2.35. The average Bonchev–Trinajstić information content (AvgIpc) is 3.58. The standard InChI is InChI=1S/C23H24BrF2N3O2/c24-18-12-17(13-20(26)14-18)21(15-2-3-15)27-23(31)29-9-1-8-28(10-11-29)22(30)16-4-6-19(25)7-5-16/h4-7,12-15,21H,1-3,8-11H2,(H,27,31). The summed E-state index contributed by atoms with van der Waals surface area (Å²) in [5, 5.41) is 3.08. The second-order valence-electron chi connectivity index (χ2n) is 8.11. The minimum atomic E-state index is -0.384. The number of hydrogen-bond donors (Lipinski definition) is 1. The molecule has 0 bridgehead atoms. The maximum atomic E-state index is 13.9. The van der Waals surface area contributed by atoms with Gasteiger partial charge in [0.1, 0.15) is 11.6 Å². The third-order valence-electron chi connectivity index (χ3n) is 5.78. The van der Waals surface area contributed by atoms with E-state index in [1.165, 1.54) is 36.4 Å². The SMILES string of the molecule is O=C(NC(c1cc(F)cc(Br)c1)C1CC1)N1CCCN(C(=O)c2ccc(F)cc2)CC1. The zero-order chi connectivity index (χ0) is 22.0. The van der Waals surface area contributed by atoms with Crippen molar-refractivity contribution < 1.29 is 18.4 Å². The van der Waals surface area contributed by atoms with Gasteiger partial charge in [0.05, 0.1) is 6.04 Å². The molecule has 1 N–H and O–H groups in total. The summed E-state index contributed by atoms with van der Waals surface area (Å²) in [6.07, 6.45) is 2.65. The van der Waals surface area contributed by atoms with Crippen molar-refractivity contribution in [1.29, 1.82) is 0 Å². The van der Waals surface area contributed by atoms with E-state index in [9.17, 15) is 18.4 Å². The molecule has 31 heavy (non-hydrogen) atoms. The van der Waals surface area contributed by atoms with E-state index in [1.54, 1.807) is 9.80 Å². The Kier molecular flexibility index (Phi) is 6.55. The van der Waals surface area contributed by atoms with Crippen LogP contribution in [-0.2, 0) is 0 Å². The summed E-state index contributed by atoms with van der Waals surface area (Å²) in [5.41, 5.74) is 1.19. The third kappa shape index (κ3) is 5.42. The number of hydrogen-bond acceptors (Lipinski definition) is 2. The van der Waals surface area contributed by atoms with E-state index in [-0.39, 0.29) is 29.6 Å². The summed E-state index contributed by atoms with van der Waals surface area (Å²) in [4.78, 5) is 29.1. The predicted molar refractivity (Wildman–Crippen MR) is 117 cm³/mol. The average molecular weight is 492 g/mol. The summed E-state index contributed by atoms with van der Waals surface area (Å²) in [7, 11) is 0. The van der Waals surface area contributed by atoms with Gasteiger partial charge < -0.3 is 15.1 Å². The van der Waals surface area contributed by atoms with Crippen LogP contribution in [0.5, 0.6) is 0 Å². The van der Waals surface area contributed by atoms with Crippen LogP contribution in [0.15, 0.2) is 46.9 Å². The topological polar surface area (TPSA) is 52.7 Å². The first-order valence-corrected chi connectivity index (χ1v) is 11.3. The van der Waals surface area contributed by atoms with Gasteiger partial charge in [0.2, 0.25) is 0 Å². The van der Waals surface area contributed by atoms with Crippen LogP contribution in [0.2, 0.25) is 0 Å². The smallest absolute Gasteiger partial charge is 0.317 e. The molecule has 1 unspecified atom stereocenters. The molecular formula is C23H24BrF2N3O2. The highest BCUT2D eigenvalue weighted by Crippen LogP contribution is 2.41. The maximum absolute atomic E-state index is 13.9. The summed E-state index contributed by atoms with van der Waals surface area (Å²) >= 11 is 3.33. The first kappa shape index (κ1) is 21.7. The highest BCUT2D eigenvalue weighted by molar-refractivity contribution is 9.10. The van der Waals surface area contributed by atoms with Crippen LogP contribution < -0.4 is 5.32 Å². The zero-order valence-corrected chi connectivity index (χ0v) is 18.6. The summed E-state index contributed by atoms with van der Waals surface area (Å²) in [6, 6.07) is 9.78. The van der Waals surface area contributed by atoms with Crippen LogP contribution in [0.1, 0.15) is 41.2 Å². The second-order valence-corrected chi connectivity index (χ2v) is 9.02. The number of nitrogens with zero attached hydrogens (tertiary/aromatic N) is 2. The van der Waals surface area contributed by atoms with Crippen molar-refractivity contribution in [3.8, 4) is 0 Å². The molecule has 0 radical (unpaired) electrons. The van der Waals surface area contributed by atoms with Crippen LogP contribution in [0, 0.1) is 17.6 Å². The lowest BCUT2D eigenvalue weighted by atomic mass is 10.0.